The Hall–Kier alpha value is -1.71. The van der Waals surface area contributed by atoms with Gasteiger partial charge in [0.1, 0.15) is 6.10 Å². The number of hydrogen-bond donors (Lipinski definition) is 1. The molecule has 0 saturated heterocycles. The maximum Gasteiger partial charge on any atom is 0.338 e. The number of benzene rings is 1. The average molecular weight is 290 g/mol. The van der Waals surface area contributed by atoms with Gasteiger partial charge in [-0.1, -0.05) is 13.8 Å². The van der Waals surface area contributed by atoms with E-state index in [0.29, 0.717) is 17.4 Å². The van der Waals surface area contributed by atoms with Crippen molar-refractivity contribution in [1.82, 2.24) is 0 Å². The summed E-state index contributed by atoms with van der Waals surface area (Å²) in [7, 11) is 1.46. The number of carbonyl (C=O) groups is 1. The standard InChI is InChI=1S/C17H22O4/c1-17(2)12-6-4-10(8-12)15(17)21-16(19)11-5-7-13(18)14(9-11)20-3/h5,7,9-10,12,15,18H,4,6,8H2,1-3H3/t10-,12+,15-/m0/s1. The van der Waals surface area contributed by atoms with E-state index in [1.807, 2.05) is 0 Å². The molecule has 0 aromatic heterocycles. The number of esters is 1. The zero-order chi connectivity index (χ0) is 15.2. The van der Waals surface area contributed by atoms with Crippen LogP contribution in [0.3, 0.4) is 0 Å². The van der Waals surface area contributed by atoms with Gasteiger partial charge in [-0.2, -0.15) is 0 Å². The number of methoxy groups -OCH3 is 1. The van der Waals surface area contributed by atoms with Gasteiger partial charge in [-0.15, -0.1) is 0 Å². The second-order valence-electron chi connectivity index (χ2n) is 6.80. The number of aromatic hydroxyl groups is 1. The lowest BCUT2D eigenvalue weighted by Crippen LogP contribution is -2.39. The molecule has 3 atom stereocenters. The van der Waals surface area contributed by atoms with E-state index in [-0.39, 0.29) is 29.0 Å². The van der Waals surface area contributed by atoms with Crippen LogP contribution in [0.15, 0.2) is 18.2 Å². The van der Waals surface area contributed by atoms with E-state index in [2.05, 4.69) is 13.8 Å². The molecule has 0 spiro atoms. The van der Waals surface area contributed by atoms with E-state index >= 15 is 0 Å². The lowest BCUT2D eigenvalue weighted by molar-refractivity contribution is -0.0320. The first-order valence-corrected chi connectivity index (χ1v) is 7.51. The van der Waals surface area contributed by atoms with Crippen LogP contribution in [-0.4, -0.2) is 24.3 Å². The second-order valence-corrected chi connectivity index (χ2v) is 6.80. The number of phenolic OH excluding ortho intramolecular Hbond substituents is 1. The number of ether oxygens (including phenoxy) is 2. The summed E-state index contributed by atoms with van der Waals surface area (Å²) in [6.07, 6.45) is 3.57. The average Bonchev–Trinajstić information content (AvgIpc) is 3.01. The van der Waals surface area contributed by atoms with Crippen LogP contribution in [0.25, 0.3) is 0 Å². The van der Waals surface area contributed by atoms with Crippen molar-refractivity contribution in [1.29, 1.82) is 0 Å². The summed E-state index contributed by atoms with van der Waals surface area (Å²) >= 11 is 0. The van der Waals surface area contributed by atoms with Crippen LogP contribution in [0.5, 0.6) is 11.5 Å². The Balaban J connectivity index is 1.78. The largest absolute Gasteiger partial charge is 0.504 e. The third kappa shape index (κ3) is 2.27. The fourth-order valence-electron chi connectivity index (χ4n) is 4.04. The summed E-state index contributed by atoms with van der Waals surface area (Å²) in [4.78, 5) is 12.4. The minimum absolute atomic E-state index is 0.0106. The molecule has 1 aromatic rings. The molecule has 0 unspecified atom stereocenters. The van der Waals surface area contributed by atoms with Gasteiger partial charge >= 0.3 is 5.97 Å². The van der Waals surface area contributed by atoms with E-state index in [1.165, 1.54) is 32.1 Å². The second kappa shape index (κ2) is 4.93. The predicted octanol–water partition coefficient (Wildman–Crippen LogP) is 3.38. The van der Waals surface area contributed by atoms with Gasteiger partial charge in [-0.25, -0.2) is 4.79 Å². The van der Waals surface area contributed by atoms with Crippen LogP contribution in [0.2, 0.25) is 0 Å². The molecule has 21 heavy (non-hydrogen) atoms. The smallest absolute Gasteiger partial charge is 0.338 e. The van der Waals surface area contributed by atoms with Crippen LogP contribution >= 0.6 is 0 Å². The monoisotopic (exact) mass is 290 g/mol. The van der Waals surface area contributed by atoms with Crippen molar-refractivity contribution in [3.63, 3.8) is 0 Å². The zero-order valence-corrected chi connectivity index (χ0v) is 12.8. The molecular formula is C17H22O4. The molecule has 3 rings (SSSR count). The van der Waals surface area contributed by atoms with Crippen molar-refractivity contribution in [3.8, 4) is 11.5 Å². The van der Waals surface area contributed by atoms with E-state index in [0.717, 1.165) is 6.42 Å². The number of phenols is 1. The molecule has 4 nitrogen and oxygen atoms in total. The van der Waals surface area contributed by atoms with Crippen molar-refractivity contribution < 1.29 is 19.4 Å². The lowest BCUT2D eigenvalue weighted by Gasteiger charge is -2.37. The normalized spacial score (nSPS) is 29.4. The van der Waals surface area contributed by atoms with Crippen molar-refractivity contribution in [2.45, 2.75) is 39.2 Å². The third-order valence-corrected chi connectivity index (χ3v) is 5.34. The Morgan fingerprint density at radius 2 is 2.10 bits per heavy atom. The van der Waals surface area contributed by atoms with Gasteiger partial charge in [0.2, 0.25) is 0 Å². The summed E-state index contributed by atoms with van der Waals surface area (Å²) in [5.74, 6) is 1.13. The van der Waals surface area contributed by atoms with E-state index in [4.69, 9.17) is 9.47 Å². The van der Waals surface area contributed by atoms with Crippen LogP contribution in [0.4, 0.5) is 0 Å². The molecule has 2 saturated carbocycles. The van der Waals surface area contributed by atoms with Crippen LogP contribution in [0, 0.1) is 17.3 Å². The molecule has 0 aliphatic heterocycles. The fraction of sp³-hybridized carbons (Fsp3) is 0.588. The van der Waals surface area contributed by atoms with Crippen LogP contribution in [-0.2, 0) is 4.74 Å². The molecule has 1 aromatic carbocycles. The van der Waals surface area contributed by atoms with Gasteiger partial charge in [0.25, 0.3) is 0 Å². The zero-order valence-electron chi connectivity index (χ0n) is 12.8. The topological polar surface area (TPSA) is 55.8 Å². The van der Waals surface area contributed by atoms with Gasteiger partial charge in [0.05, 0.1) is 12.7 Å². The molecule has 114 valence electrons. The highest BCUT2D eigenvalue weighted by molar-refractivity contribution is 5.90. The molecule has 4 heteroatoms. The molecular weight excluding hydrogens is 268 g/mol. The molecule has 2 aliphatic rings. The minimum Gasteiger partial charge on any atom is -0.504 e. The van der Waals surface area contributed by atoms with E-state index in [1.54, 1.807) is 6.07 Å². The summed E-state index contributed by atoms with van der Waals surface area (Å²) in [5.41, 5.74) is 0.475. The van der Waals surface area contributed by atoms with Gasteiger partial charge < -0.3 is 14.6 Å². The Morgan fingerprint density at radius 3 is 2.71 bits per heavy atom. The van der Waals surface area contributed by atoms with Crippen molar-refractivity contribution in [2.24, 2.45) is 17.3 Å². The summed E-state index contributed by atoms with van der Waals surface area (Å²) < 4.78 is 10.8. The van der Waals surface area contributed by atoms with E-state index < -0.39 is 0 Å². The number of hydrogen-bond acceptors (Lipinski definition) is 4. The summed E-state index contributed by atoms with van der Waals surface area (Å²) in [6, 6.07) is 4.56. The van der Waals surface area contributed by atoms with Gasteiger partial charge in [0, 0.05) is 5.41 Å². The van der Waals surface area contributed by atoms with Gasteiger partial charge in [-0.05, 0) is 49.3 Å². The predicted molar refractivity (Wildman–Crippen MR) is 78.5 cm³/mol. The SMILES string of the molecule is COc1cc(C(=O)O[C@H]2[C@H]3CC[C@H](C3)C2(C)C)ccc1O. The van der Waals surface area contributed by atoms with E-state index in [9.17, 15) is 9.90 Å². The highest BCUT2D eigenvalue weighted by Gasteiger charge is 2.54. The Labute approximate surface area is 125 Å². The first-order valence-electron chi connectivity index (χ1n) is 7.51. The summed E-state index contributed by atoms with van der Waals surface area (Å²) in [5, 5.41) is 9.59. The third-order valence-electron chi connectivity index (χ3n) is 5.34. The minimum atomic E-state index is -0.334. The molecule has 1 N–H and O–H groups in total. The molecule has 2 bridgehead atoms. The Morgan fingerprint density at radius 1 is 1.33 bits per heavy atom. The quantitative estimate of drug-likeness (QED) is 0.867. The number of carbonyl (C=O) groups excluding carboxylic acids is 1. The lowest BCUT2D eigenvalue weighted by atomic mass is 9.74. The Kier molecular flexibility index (Phi) is 3.34. The number of rotatable bonds is 3. The van der Waals surface area contributed by atoms with Gasteiger partial charge in [0.15, 0.2) is 11.5 Å². The molecule has 0 radical (unpaired) electrons. The van der Waals surface area contributed by atoms with Gasteiger partial charge in [-0.3, -0.25) is 0 Å². The molecule has 2 fully saturated rings. The van der Waals surface area contributed by atoms with Crippen LogP contribution < -0.4 is 4.74 Å². The first kappa shape index (κ1) is 14.2. The van der Waals surface area contributed by atoms with Crippen molar-refractivity contribution in [3.05, 3.63) is 23.8 Å². The van der Waals surface area contributed by atoms with Crippen molar-refractivity contribution in [2.75, 3.05) is 7.11 Å². The first-order chi connectivity index (χ1) is 9.93. The summed E-state index contributed by atoms with van der Waals surface area (Å²) in [6.45, 7) is 4.40. The number of fused-ring (bicyclic) bond motifs is 2. The molecule has 0 amide bonds. The maximum absolute atomic E-state index is 12.4. The molecule has 2 aliphatic carbocycles. The molecule has 0 heterocycles. The highest BCUT2D eigenvalue weighted by atomic mass is 16.5. The highest BCUT2D eigenvalue weighted by Crippen LogP contribution is 2.56. The van der Waals surface area contributed by atoms with Crippen LogP contribution in [0.1, 0.15) is 43.5 Å². The van der Waals surface area contributed by atoms with Crippen molar-refractivity contribution >= 4 is 5.97 Å². The fourth-order valence-corrected chi connectivity index (χ4v) is 4.04. The Bertz CT molecular complexity index is 564. The maximum atomic E-state index is 12.4.